The molecule has 0 fully saturated rings. The van der Waals surface area contributed by atoms with Crippen molar-refractivity contribution >= 4 is 23.2 Å². The molecular formula is C11H16ClN3O. The highest BCUT2D eigenvalue weighted by atomic mass is 35.5. The molecule has 0 unspecified atom stereocenters. The minimum Gasteiger partial charge on any atom is -0.322 e. The number of carbonyl (C=O) groups is 1. The Morgan fingerprint density at radius 3 is 2.75 bits per heavy atom. The molecule has 1 aromatic heterocycles. The average molecular weight is 242 g/mol. The van der Waals surface area contributed by atoms with Crippen LogP contribution in [0.3, 0.4) is 0 Å². The van der Waals surface area contributed by atoms with Gasteiger partial charge in [-0.25, -0.2) is 4.98 Å². The SMILES string of the molecule is CC(C)(C)NCC(=O)Nc1cccnc1Cl. The van der Waals surface area contributed by atoms with Crippen LogP contribution in [0, 0.1) is 0 Å². The van der Waals surface area contributed by atoms with Gasteiger partial charge in [0.25, 0.3) is 0 Å². The van der Waals surface area contributed by atoms with Gasteiger partial charge >= 0.3 is 0 Å². The summed E-state index contributed by atoms with van der Waals surface area (Å²) < 4.78 is 0. The fourth-order valence-electron chi connectivity index (χ4n) is 1.02. The lowest BCUT2D eigenvalue weighted by Crippen LogP contribution is -2.41. The van der Waals surface area contributed by atoms with Crippen LogP contribution in [0.15, 0.2) is 18.3 Å². The number of amides is 1. The molecule has 0 atom stereocenters. The molecule has 0 radical (unpaired) electrons. The van der Waals surface area contributed by atoms with Crippen molar-refractivity contribution in [1.82, 2.24) is 10.3 Å². The number of rotatable bonds is 3. The van der Waals surface area contributed by atoms with Crippen molar-refractivity contribution in [2.75, 3.05) is 11.9 Å². The topological polar surface area (TPSA) is 54.0 Å². The van der Waals surface area contributed by atoms with Crippen molar-refractivity contribution in [2.45, 2.75) is 26.3 Å². The first-order chi connectivity index (χ1) is 7.38. The lowest BCUT2D eigenvalue weighted by atomic mass is 10.1. The molecule has 1 amide bonds. The highest BCUT2D eigenvalue weighted by molar-refractivity contribution is 6.32. The third-order valence-electron chi connectivity index (χ3n) is 1.81. The molecule has 4 nitrogen and oxygen atoms in total. The summed E-state index contributed by atoms with van der Waals surface area (Å²) in [7, 11) is 0. The maximum atomic E-state index is 11.6. The minimum absolute atomic E-state index is 0.0872. The molecule has 0 saturated heterocycles. The Balaban J connectivity index is 2.50. The molecule has 1 rings (SSSR count). The Hall–Kier alpha value is -1.13. The number of pyridine rings is 1. The minimum atomic E-state index is -0.134. The monoisotopic (exact) mass is 241 g/mol. The molecule has 1 heterocycles. The van der Waals surface area contributed by atoms with Crippen LogP contribution in [-0.2, 0) is 4.79 Å². The van der Waals surface area contributed by atoms with Gasteiger partial charge in [-0.1, -0.05) is 11.6 Å². The van der Waals surface area contributed by atoms with Crippen LogP contribution in [0.2, 0.25) is 5.15 Å². The summed E-state index contributed by atoms with van der Waals surface area (Å²) in [5.74, 6) is -0.134. The number of halogens is 1. The second-order valence-electron chi connectivity index (χ2n) is 4.49. The van der Waals surface area contributed by atoms with E-state index < -0.39 is 0 Å². The average Bonchev–Trinajstić information content (AvgIpc) is 2.18. The van der Waals surface area contributed by atoms with Crippen LogP contribution in [0.1, 0.15) is 20.8 Å². The van der Waals surface area contributed by atoms with Gasteiger partial charge in [0.15, 0.2) is 5.15 Å². The van der Waals surface area contributed by atoms with Crippen LogP contribution in [0.25, 0.3) is 0 Å². The maximum Gasteiger partial charge on any atom is 0.238 e. The smallest absolute Gasteiger partial charge is 0.238 e. The van der Waals surface area contributed by atoms with E-state index in [4.69, 9.17) is 11.6 Å². The Bertz CT molecular complexity index is 374. The number of nitrogens with zero attached hydrogens (tertiary/aromatic N) is 1. The first kappa shape index (κ1) is 12.9. The van der Waals surface area contributed by atoms with E-state index in [0.717, 1.165) is 0 Å². The Morgan fingerprint density at radius 1 is 1.50 bits per heavy atom. The van der Waals surface area contributed by atoms with E-state index in [0.29, 0.717) is 10.8 Å². The second-order valence-corrected chi connectivity index (χ2v) is 4.85. The van der Waals surface area contributed by atoms with E-state index in [1.54, 1.807) is 18.3 Å². The summed E-state index contributed by atoms with van der Waals surface area (Å²) in [6.45, 7) is 6.24. The Morgan fingerprint density at radius 2 is 2.19 bits per heavy atom. The number of hydrogen-bond donors (Lipinski definition) is 2. The third kappa shape index (κ3) is 4.59. The zero-order valence-corrected chi connectivity index (χ0v) is 10.4. The molecule has 0 spiro atoms. The fourth-order valence-corrected chi connectivity index (χ4v) is 1.19. The summed E-state index contributed by atoms with van der Waals surface area (Å²) in [4.78, 5) is 15.4. The first-order valence-corrected chi connectivity index (χ1v) is 5.42. The predicted octanol–water partition coefficient (Wildman–Crippen LogP) is 2.06. The van der Waals surface area contributed by atoms with Crippen LogP contribution < -0.4 is 10.6 Å². The van der Waals surface area contributed by atoms with Crippen LogP contribution in [-0.4, -0.2) is 23.0 Å². The number of nitrogens with one attached hydrogen (secondary N) is 2. The molecular weight excluding hydrogens is 226 g/mol. The normalized spacial score (nSPS) is 11.2. The second kappa shape index (κ2) is 5.27. The van der Waals surface area contributed by atoms with Gasteiger partial charge in [0, 0.05) is 11.7 Å². The van der Waals surface area contributed by atoms with Crippen molar-refractivity contribution in [1.29, 1.82) is 0 Å². The molecule has 0 bridgehead atoms. The zero-order valence-electron chi connectivity index (χ0n) is 9.67. The van der Waals surface area contributed by atoms with Crippen LogP contribution >= 0.6 is 11.6 Å². The van der Waals surface area contributed by atoms with Gasteiger partial charge in [0.05, 0.1) is 12.2 Å². The molecule has 0 aliphatic rings. The quantitative estimate of drug-likeness (QED) is 0.797. The van der Waals surface area contributed by atoms with E-state index in [-0.39, 0.29) is 18.0 Å². The lowest BCUT2D eigenvalue weighted by Gasteiger charge is -2.20. The van der Waals surface area contributed by atoms with E-state index >= 15 is 0 Å². The van der Waals surface area contributed by atoms with Gasteiger partial charge < -0.3 is 10.6 Å². The summed E-state index contributed by atoms with van der Waals surface area (Å²) in [5, 5.41) is 6.07. The van der Waals surface area contributed by atoms with Crippen molar-refractivity contribution in [3.8, 4) is 0 Å². The number of hydrogen-bond acceptors (Lipinski definition) is 3. The Kier molecular flexibility index (Phi) is 4.26. The van der Waals surface area contributed by atoms with Crippen molar-refractivity contribution in [2.24, 2.45) is 0 Å². The van der Waals surface area contributed by atoms with Gasteiger partial charge in [0.2, 0.25) is 5.91 Å². The largest absolute Gasteiger partial charge is 0.322 e. The van der Waals surface area contributed by atoms with Crippen LogP contribution in [0.5, 0.6) is 0 Å². The van der Waals surface area contributed by atoms with Gasteiger partial charge in [-0.2, -0.15) is 0 Å². The van der Waals surface area contributed by atoms with Crippen molar-refractivity contribution < 1.29 is 4.79 Å². The molecule has 88 valence electrons. The van der Waals surface area contributed by atoms with Crippen molar-refractivity contribution in [3.63, 3.8) is 0 Å². The Labute approximate surface area is 100 Å². The summed E-state index contributed by atoms with van der Waals surface area (Å²) in [6, 6.07) is 3.43. The van der Waals surface area contributed by atoms with Gasteiger partial charge in [-0.15, -0.1) is 0 Å². The van der Waals surface area contributed by atoms with E-state index in [9.17, 15) is 4.79 Å². The molecule has 0 saturated carbocycles. The molecule has 5 heteroatoms. The summed E-state index contributed by atoms with van der Waals surface area (Å²) in [5.41, 5.74) is 0.445. The molecule has 0 aliphatic carbocycles. The first-order valence-electron chi connectivity index (χ1n) is 5.04. The van der Waals surface area contributed by atoms with E-state index in [1.807, 2.05) is 20.8 Å². The maximum absolute atomic E-state index is 11.6. The molecule has 0 aliphatic heterocycles. The number of carbonyl (C=O) groups excluding carboxylic acids is 1. The van der Waals surface area contributed by atoms with E-state index in [1.165, 1.54) is 0 Å². The standard InChI is InChI=1S/C11H16ClN3O/c1-11(2,3)14-7-9(16)15-8-5-4-6-13-10(8)12/h4-6,14H,7H2,1-3H3,(H,15,16). The lowest BCUT2D eigenvalue weighted by molar-refractivity contribution is -0.115. The predicted molar refractivity (Wildman–Crippen MR) is 65.6 cm³/mol. The summed E-state index contributed by atoms with van der Waals surface area (Å²) >= 11 is 5.81. The molecule has 2 N–H and O–H groups in total. The van der Waals surface area contributed by atoms with Gasteiger partial charge in [-0.05, 0) is 32.9 Å². The van der Waals surface area contributed by atoms with Gasteiger partial charge in [-0.3, -0.25) is 4.79 Å². The fraction of sp³-hybridized carbons (Fsp3) is 0.455. The number of aromatic nitrogens is 1. The highest BCUT2D eigenvalue weighted by Crippen LogP contribution is 2.16. The highest BCUT2D eigenvalue weighted by Gasteiger charge is 2.12. The molecule has 1 aromatic rings. The van der Waals surface area contributed by atoms with E-state index in [2.05, 4.69) is 15.6 Å². The van der Waals surface area contributed by atoms with Gasteiger partial charge in [0.1, 0.15) is 0 Å². The molecule has 0 aromatic carbocycles. The third-order valence-corrected chi connectivity index (χ3v) is 2.11. The van der Waals surface area contributed by atoms with Crippen LogP contribution in [0.4, 0.5) is 5.69 Å². The molecule has 16 heavy (non-hydrogen) atoms. The summed E-state index contributed by atoms with van der Waals surface area (Å²) in [6.07, 6.45) is 1.57. The number of anilines is 1. The van der Waals surface area contributed by atoms with Crippen molar-refractivity contribution in [3.05, 3.63) is 23.5 Å². The zero-order chi connectivity index (χ0) is 12.2.